The summed E-state index contributed by atoms with van der Waals surface area (Å²) in [6.45, 7) is 10.9. The highest BCUT2D eigenvalue weighted by Crippen LogP contribution is 2.57. The third kappa shape index (κ3) is 2.16. The second kappa shape index (κ2) is 5.18. The lowest BCUT2D eigenvalue weighted by Gasteiger charge is -2.56. The fourth-order valence-corrected chi connectivity index (χ4v) is 4.44. The van der Waals surface area contributed by atoms with Gasteiger partial charge in [-0.2, -0.15) is 0 Å². The van der Waals surface area contributed by atoms with Gasteiger partial charge >= 0.3 is 11.9 Å². The summed E-state index contributed by atoms with van der Waals surface area (Å²) in [4.78, 5) is 23.2. The average molecular weight is 322 g/mol. The summed E-state index contributed by atoms with van der Waals surface area (Å²) in [6, 6.07) is 0. The molecule has 126 valence electrons. The largest absolute Gasteiger partial charge is 0.458 e. The number of rotatable bonds is 1. The molecule has 0 amide bonds. The van der Waals surface area contributed by atoms with E-state index >= 15 is 0 Å². The fraction of sp³-hybridized carbons (Fsp3) is 0.647. The maximum atomic E-state index is 11.9. The first-order valence-electron chi connectivity index (χ1n) is 7.79. The highest BCUT2D eigenvalue weighted by atomic mass is 16.6. The van der Waals surface area contributed by atoms with Crippen LogP contribution < -0.4 is 0 Å². The molecule has 0 aromatic heterocycles. The summed E-state index contributed by atoms with van der Waals surface area (Å²) in [5.74, 6) is -1.75. The zero-order valence-corrected chi connectivity index (χ0v) is 13.3. The molecule has 1 saturated heterocycles. The normalized spacial score (nSPS) is 46.0. The molecule has 0 radical (unpaired) electrons. The fourth-order valence-electron chi connectivity index (χ4n) is 4.44. The van der Waals surface area contributed by atoms with Gasteiger partial charge in [0.05, 0.1) is 12.2 Å². The van der Waals surface area contributed by atoms with Crippen LogP contribution in [-0.2, 0) is 19.1 Å². The van der Waals surface area contributed by atoms with Crippen LogP contribution in [-0.4, -0.2) is 46.6 Å². The molecule has 3 aliphatic rings. The van der Waals surface area contributed by atoms with E-state index in [1.165, 1.54) is 6.92 Å². The van der Waals surface area contributed by atoms with Gasteiger partial charge < -0.3 is 19.7 Å². The van der Waals surface area contributed by atoms with Crippen molar-refractivity contribution in [3.63, 3.8) is 0 Å². The van der Waals surface area contributed by atoms with Crippen molar-refractivity contribution in [2.45, 2.75) is 51.1 Å². The molecule has 3 rings (SSSR count). The maximum Gasteiger partial charge on any atom is 0.334 e. The third-order valence-electron chi connectivity index (χ3n) is 5.82. The quantitative estimate of drug-likeness (QED) is 0.420. The Balaban J connectivity index is 2.02. The number of fused-ring (bicyclic) bond motifs is 3. The molecule has 7 atom stereocenters. The van der Waals surface area contributed by atoms with Crippen LogP contribution in [0.25, 0.3) is 0 Å². The van der Waals surface area contributed by atoms with E-state index < -0.39 is 47.7 Å². The minimum absolute atomic E-state index is 0.175. The summed E-state index contributed by atoms with van der Waals surface area (Å²) in [6.07, 6.45) is -2.43. The Hall–Kier alpha value is -1.66. The van der Waals surface area contributed by atoms with Gasteiger partial charge in [0.15, 0.2) is 0 Å². The lowest BCUT2D eigenvalue weighted by molar-refractivity contribution is -0.190. The molecule has 2 N–H and O–H groups in total. The molecule has 6 heteroatoms. The van der Waals surface area contributed by atoms with E-state index in [9.17, 15) is 19.8 Å². The molecule has 2 aliphatic carbocycles. The topological polar surface area (TPSA) is 93.1 Å². The number of hydrogen-bond donors (Lipinski definition) is 2. The number of carbonyl (C=O) groups excluding carboxylic acids is 2. The van der Waals surface area contributed by atoms with Crippen LogP contribution in [0.3, 0.4) is 0 Å². The lowest BCUT2D eigenvalue weighted by Crippen LogP contribution is -2.62. The monoisotopic (exact) mass is 322 g/mol. The van der Waals surface area contributed by atoms with Gasteiger partial charge in [0.1, 0.15) is 12.2 Å². The molecule has 2 saturated carbocycles. The Labute approximate surface area is 134 Å². The molecule has 23 heavy (non-hydrogen) atoms. The van der Waals surface area contributed by atoms with Crippen LogP contribution >= 0.6 is 0 Å². The first-order valence-corrected chi connectivity index (χ1v) is 7.79. The highest BCUT2D eigenvalue weighted by molar-refractivity contribution is 5.91. The van der Waals surface area contributed by atoms with Crippen molar-refractivity contribution in [1.29, 1.82) is 0 Å². The summed E-state index contributed by atoms with van der Waals surface area (Å²) in [5, 5.41) is 21.3. The van der Waals surface area contributed by atoms with Crippen molar-refractivity contribution in [2.75, 3.05) is 0 Å². The third-order valence-corrected chi connectivity index (χ3v) is 5.82. The van der Waals surface area contributed by atoms with Crippen molar-refractivity contribution < 1.29 is 29.3 Å². The molecule has 0 unspecified atom stereocenters. The zero-order valence-electron chi connectivity index (χ0n) is 13.3. The standard InChI is InChI=1S/C17H22O6/c1-7-10-5-12(19)17(4)13(20)6-11(22-9(3)18)8(2)14(17)15(10)23-16(7)21/h10-15,19-20H,1-2,5-6H2,3-4H3/t10-,11+,12+,13-,14+,15-,17-/m0/s1. The van der Waals surface area contributed by atoms with Crippen molar-refractivity contribution in [3.8, 4) is 0 Å². The van der Waals surface area contributed by atoms with Gasteiger partial charge in [-0.3, -0.25) is 4.79 Å². The number of carbonyl (C=O) groups is 2. The van der Waals surface area contributed by atoms with E-state index in [1.807, 2.05) is 0 Å². The summed E-state index contributed by atoms with van der Waals surface area (Å²) < 4.78 is 10.7. The SMILES string of the molecule is C=C1[C@@H]2[C@H]3OC(=O)C(=C)[C@@H]3C[C@@H](O)[C@@]2(C)[C@@H](O)C[C@H]1OC(C)=O. The van der Waals surface area contributed by atoms with Gasteiger partial charge in [0, 0.05) is 36.2 Å². The number of aliphatic hydroxyl groups excluding tert-OH is 2. The first-order chi connectivity index (χ1) is 10.7. The number of aliphatic hydroxyl groups is 2. The maximum absolute atomic E-state index is 11.9. The Morgan fingerprint density at radius 2 is 1.91 bits per heavy atom. The van der Waals surface area contributed by atoms with E-state index in [1.54, 1.807) is 6.92 Å². The van der Waals surface area contributed by atoms with Crippen LogP contribution in [0.4, 0.5) is 0 Å². The predicted molar refractivity (Wildman–Crippen MR) is 80.0 cm³/mol. The Morgan fingerprint density at radius 3 is 2.52 bits per heavy atom. The molecular formula is C17H22O6. The number of hydrogen-bond acceptors (Lipinski definition) is 6. The Bertz CT molecular complexity index is 596. The van der Waals surface area contributed by atoms with E-state index in [-0.39, 0.29) is 12.3 Å². The average Bonchev–Trinajstić information content (AvgIpc) is 2.72. The summed E-state index contributed by atoms with van der Waals surface area (Å²) in [7, 11) is 0. The van der Waals surface area contributed by atoms with Crippen LogP contribution in [0.1, 0.15) is 26.7 Å². The molecule has 6 nitrogen and oxygen atoms in total. The van der Waals surface area contributed by atoms with Gasteiger partial charge in [-0.1, -0.05) is 20.1 Å². The minimum atomic E-state index is -0.903. The molecule has 0 aromatic rings. The van der Waals surface area contributed by atoms with E-state index in [4.69, 9.17) is 9.47 Å². The molecule has 3 fully saturated rings. The van der Waals surface area contributed by atoms with Crippen molar-refractivity contribution in [1.82, 2.24) is 0 Å². The van der Waals surface area contributed by atoms with Gasteiger partial charge in [-0.25, -0.2) is 4.79 Å². The number of ether oxygens (including phenoxy) is 2. The first kappa shape index (κ1) is 16.2. The van der Waals surface area contributed by atoms with Crippen molar-refractivity contribution in [2.24, 2.45) is 17.3 Å². The van der Waals surface area contributed by atoms with Gasteiger partial charge in [-0.15, -0.1) is 0 Å². The number of esters is 2. The molecule has 1 heterocycles. The second-order valence-electron chi connectivity index (χ2n) is 7.02. The van der Waals surface area contributed by atoms with Gasteiger partial charge in [0.25, 0.3) is 0 Å². The second-order valence-corrected chi connectivity index (χ2v) is 7.02. The van der Waals surface area contributed by atoms with Gasteiger partial charge in [-0.05, 0) is 12.0 Å². The molecule has 0 spiro atoms. The van der Waals surface area contributed by atoms with E-state index in [2.05, 4.69) is 13.2 Å². The Kier molecular flexibility index (Phi) is 3.65. The van der Waals surface area contributed by atoms with Crippen LogP contribution in [0.2, 0.25) is 0 Å². The van der Waals surface area contributed by atoms with Crippen LogP contribution in [0, 0.1) is 17.3 Å². The zero-order chi connectivity index (χ0) is 17.1. The summed E-state index contributed by atoms with van der Waals surface area (Å²) in [5.41, 5.74) is 0.0111. The van der Waals surface area contributed by atoms with E-state index in [0.717, 1.165) is 0 Å². The lowest BCUT2D eigenvalue weighted by atomic mass is 9.52. The molecule has 0 bridgehead atoms. The smallest absolute Gasteiger partial charge is 0.334 e. The minimum Gasteiger partial charge on any atom is -0.458 e. The molecule has 1 aliphatic heterocycles. The summed E-state index contributed by atoms with van der Waals surface area (Å²) >= 11 is 0. The van der Waals surface area contributed by atoms with Crippen molar-refractivity contribution in [3.05, 3.63) is 24.3 Å². The van der Waals surface area contributed by atoms with Crippen LogP contribution in [0.15, 0.2) is 24.3 Å². The van der Waals surface area contributed by atoms with Crippen LogP contribution in [0.5, 0.6) is 0 Å². The highest BCUT2D eigenvalue weighted by Gasteiger charge is 2.63. The molecular weight excluding hydrogens is 300 g/mol. The Morgan fingerprint density at radius 1 is 1.30 bits per heavy atom. The van der Waals surface area contributed by atoms with Crippen molar-refractivity contribution >= 4 is 11.9 Å². The molecule has 0 aromatic carbocycles. The predicted octanol–water partition coefficient (Wildman–Crippen LogP) is 0.724. The van der Waals surface area contributed by atoms with Gasteiger partial charge in [0.2, 0.25) is 0 Å². The van der Waals surface area contributed by atoms with E-state index in [0.29, 0.717) is 17.6 Å².